The van der Waals surface area contributed by atoms with Crippen molar-refractivity contribution in [1.29, 1.82) is 0 Å². The van der Waals surface area contributed by atoms with Crippen molar-refractivity contribution in [3.05, 3.63) is 30.4 Å². The first-order chi connectivity index (χ1) is 10.5. The summed E-state index contributed by atoms with van der Waals surface area (Å²) in [5, 5.41) is 19.5. The van der Waals surface area contributed by atoms with Crippen LogP contribution in [0.3, 0.4) is 0 Å². The Labute approximate surface area is 126 Å². The van der Waals surface area contributed by atoms with Gasteiger partial charge in [-0.2, -0.15) is 10.2 Å². The first kappa shape index (κ1) is 15.7. The van der Waals surface area contributed by atoms with Crippen LogP contribution < -0.4 is 5.32 Å². The molecule has 118 valence electrons. The fourth-order valence-corrected chi connectivity index (χ4v) is 1.67. The topological polar surface area (TPSA) is 111 Å². The van der Waals surface area contributed by atoms with Gasteiger partial charge < -0.3 is 15.2 Å². The third-order valence-electron chi connectivity index (χ3n) is 2.94. The van der Waals surface area contributed by atoms with Crippen molar-refractivity contribution in [3.63, 3.8) is 0 Å². The number of nitrogens with zero attached hydrogens (tertiary/aromatic N) is 4. The number of anilines is 1. The van der Waals surface area contributed by atoms with E-state index in [1.54, 1.807) is 10.9 Å². The Morgan fingerprint density at radius 3 is 2.82 bits per heavy atom. The molecule has 2 aromatic rings. The minimum Gasteiger partial charge on any atom is -0.480 e. The molecule has 0 aliphatic heterocycles. The van der Waals surface area contributed by atoms with Gasteiger partial charge in [-0.3, -0.25) is 9.48 Å². The standard InChI is InChI=1S/C13H17N5O4/c1-3-22-8-17-7-11(5-14-17)16-12(19)10-4-15-18(6-10)9(2)13(20)21/h4-7,9H,3,8H2,1-2H3,(H,16,19)(H,20,21). The average Bonchev–Trinajstić information content (AvgIpc) is 3.13. The molecule has 0 aromatic carbocycles. The first-order valence-electron chi connectivity index (χ1n) is 6.69. The van der Waals surface area contributed by atoms with Gasteiger partial charge in [-0.15, -0.1) is 0 Å². The van der Waals surface area contributed by atoms with Crippen LogP contribution in [-0.4, -0.2) is 43.2 Å². The number of carboxylic acid groups (broad SMARTS) is 1. The highest BCUT2D eigenvalue weighted by atomic mass is 16.5. The lowest BCUT2D eigenvalue weighted by molar-refractivity contribution is -0.140. The summed E-state index contributed by atoms with van der Waals surface area (Å²) in [6.45, 7) is 4.24. The zero-order chi connectivity index (χ0) is 16.1. The molecule has 0 spiro atoms. The number of hydrogen-bond acceptors (Lipinski definition) is 5. The molecular formula is C13H17N5O4. The number of aromatic nitrogens is 4. The molecule has 0 aliphatic carbocycles. The zero-order valence-electron chi connectivity index (χ0n) is 12.3. The summed E-state index contributed by atoms with van der Waals surface area (Å²) >= 11 is 0. The quantitative estimate of drug-likeness (QED) is 0.788. The van der Waals surface area contributed by atoms with E-state index >= 15 is 0 Å². The van der Waals surface area contributed by atoms with Gasteiger partial charge in [0.25, 0.3) is 5.91 Å². The molecule has 2 heterocycles. The van der Waals surface area contributed by atoms with Crippen LogP contribution in [0.1, 0.15) is 30.2 Å². The van der Waals surface area contributed by atoms with Crippen molar-refractivity contribution in [2.24, 2.45) is 0 Å². The molecule has 22 heavy (non-hydrogen) atoms. The number of carbonyl (C=O) groups excluding carboxylic acids is 1. The van der Waals surface area contributed by atoms with Gasteiger partial charge in [0.2, 0.25) is 0 Å². The third-order valence-corrected chi connectivity index (χ3v) is 2.94. The first-order valence-corrected chi connectivity index (χ1v) is 6.69. The maximum atomic E-state index is 12.1. The van der Waals surface area contributed by atoms with Gasteiger partial charge >= 0.3 is 5.97 Å². The summed E-state index contributed by atoms with van der Waals surface area (Å²) in [6, 6.07) is -0.838. The Balaban J connectivity index is 2.00. The minimum absolute atomic E-state index is 0.269. The lowest BCUT2D eigenvalue weighted by Crippen LogP contribution is -2.16. The minimum atomic E-state index is -1.02. The van der Waals surface area contributed by atoms with E-state index in [2.05, 4.69) is 15.5 Å². The maximum Gasteiger partial charge on any atom is 0.328 e. The second-order valence-electron chi connectivity index (χ2n) is 4.57. The lowest BCUT2D eigenvalue weighted by atomic mass is 10.3. The van der Waals surface area contributed by atoms with Crippen molar-refractivity contribution in [2.75, 3.05) is 11.9 Å². The Morgan fingerprint density at radius 1 is 1.36 bits per heavy atom. The van der Waals surface area contributed by atoms with Crippen LogP contribution in [0.5, 0.6) is 0 Å². The molecule has 0 saturated heterocycles. The largest absolute Gasteiger partial charge is 0.480 e. The smallest absolute Gasteiger partial charge is 0.328 e. The Kier molecular flexibility index (Phi) is 4.89. The molecule has 1 unspecified atom stereocenters. The van der Waals surface area contributed by atoms with Crippen LogP contribution in [0, 0.1) is 0 Å². The molecular weight excluding hydrogens is 290 g/mol. The second-order valence-corrected chi connectivity index (χ2v) is 4.57. The van der Waals surface area contributed by atoms with Gasteiger partial charge in [0.1, 0.15) is 12.8 Å². The average molecular weight is 307 g/mol. The highest BCUT2D eigenvalue weighted by Gasteiger charge is 2.17. The predicted molar refractivity (Wildman–Crippen MR) is 76.4 cm³/mol. The summed E-state index contributed by atoms with van der Waals surface area (Å²) < 4.78 is 7.96. The second kappa shape index (κ2) is 6.85. The molecule has 0 bridgehead atoms. The Bertz CT molecular complexity index is 663. The molecule has 0 aliphatic rings. The van der Waals surface area contributed by atoms with E-state index in [-0.39, 0.29) is 11.5 Å². The van der Waals surface area contributed by atoms with Gasteiger partial charge in [-0.05, 0) is 13.8 Å². The molecule has 2 aromatic heterocycles. The lowest BCUT2D eigenvalue weighted by Gasteiger charge is -2.05. The normalized spacial score (nSPS) is 12.1. The number of nitrogens with one attached hydrogen (secondary N) is 1. The van der Waals surface area contributed by atoms with Crippen LogP contribution in [0.15, 0.2) is 24.8 Å². The predicted octanol–water partition coefficient (Wildman–Crippen LogP) is 0.971. The molecule has 0 radical (unpaired) electrons. The molecule has 2 rings (SSSR count). The van der Waals surface area contributed by atoms with Crippen molar-refractivity contribution in [3.8, 4) is 0 Å². The Hall–Kier alpha value is -2.68. The van der Waals surface area contributed by atoms with Crippen molar-refractivity contribution in [2.45, 2.75) is 26.6 Å². The molecule has 1 atom stereocenters. The summed E-state index contributed by atoms with van der Waals surface area (Å²) in [7, 11) is 0. The molecule has 0 fully saturated rings. The Morgan fingerprint density at radius 2 is 2.14 bits per heavy atom. The number of ether oxygens (including phenoxy) is 1. The summed E-state index contributed by atoms with van der Waals surface area (Å²) in [6.07, 6.45) is 5.84. The number of hydrogen-bond donors (Lipinski definition) is 2. The number of rotatable bonds is 7. The van der Waals surface area contributed by atoms with Crippen molar-refractivity contribution < 1.29 is 19.4 Å². The van der Waals surface area contributed by atoms with E-state index in [4.69, 9.17) is 9.84 Å². The van der Waals surface area contributed by atoms with E-state index in [9.17, 15) is 9.59 Å². The van der Waals surface area contributed by atoms with E-state index in [1.807, 2.05) is 6.92 Å². The SMILES string of the molecule is CCOCn1cc(NC(=O)c2cnn(C(C)C(=O)O)c2)cn1. The van der Waals surface area contributed by atoms with E-state index < -0.39 is 12.0 Å². The molecule has 9 heteroatoms. The van der Waals surface area contributed by atoms with Crippen molar-refractivity contribution >= 4 is 17.6 Å². The number of aliphatic carboxylic acids is 1. The summed E-state index contributed by atoms with van der Waals surface area (Å²) in [4.78, 5) is 22.9. The number of carboxylic acids is 1. The fraction of sp³-hybridized carbons (Fsp3) is 0.385. The van der Waals surface area contributed by atoms with E-state index in [0.717, 1.165) is 0 Å². The van der Waals surface area contributed by atoms with Crippen LogP contribution in [-0.2, 0) is 16.3 Å². The summed E-state index contributed by atoms with van der Waals surface area (Å²) in [5.74, 6) is -1.41. The molecule has 2 N–H and O–H groups in total. The van der Waals surface area contributed by atoms with Gasteiger partial charge in [0, 0.05) is 12.8 Å². The molecule has 9 nitrogen and oxygen atoms in total. The fourth-order valence-electron chi connectivity index (χ4n) is 1.67. The maximum absolute atomic E-state index is 12.1. The molecule has 1 amide bonds. The van der Waals surface area contributed by atoms with Crippen molar-refractivity contribution in [1.82, 2.24) is 19.6 Å². The number of amides is 1. The third kappa shape index (κ3) is 3.70. The van der Waals surface area contributed by atoms with Crippen LogP contribution in [0.25, 0.3) is 0 Å². The van der Waals surface area contributed by atoms with Crippen LogP contribution >= 0.6 is 0 Å². The monoisotopic (exact) mass is 307 g/mol. The van der Waals surface area contributed by atoms with Crippen LogP contribution in [0.2, 0.25) is 0 Å². The van der Waals surface area contributed by atoms with E-state index in [1.165, 1.54) is 30.2 Å². The van der Waals surface area contributed by atoms with Gasteiger partial charge in [0.15, 0.2) is 0 Å². The van der Waals surface area contributed by atoms with Crippen LogP contribution in [0.4, 0.5) is 5.69 Å². The number of carbonyl (C=O) groups is 2. The highest BCUT2D eigenvalue weighted by Crippen LogP contribution is 2.10. The summed E-state index contributed by atoms with van der Waals surface area (Å²) in [5.41, 5.74) is 0.786. The van der Waals surface area contributed by atoms with Gasteiger partial charge in [-0.1, -0.05) is 0 Å². The van der Waals surface area contributed by atoms with Gasteiger partial charge in [-0.25, -0.2) is 9.48 Å². The van der Waals surface area contributed by atoms with E-state index in [0.29, 0.717) is 19.0 Å². The molecule has 0 saturated carbocycles. The highest BCUT2D eigenvalue weighted by molar-refractivity contribution is 6.03. The zero-order valence-corrected chi connectivity index (χ0v) is 12.3. The van der Waals surface area contributed by atoms with Gasteiger partial charge in [0.05, 0.1) is 29.8 Å².